The van der Waals surface area contributed by atoms with Crippen molar-refractivity contribution in [3.63, 3.8) is 0 Å². The Morgan fingerprint density at radius 2 is 2.12 bits per heavy atom. The van der Waals surface area contributed by atoms with Gasteiger partial charge >= 0.3 is 0 Å². The fourth-order valence-electron chi connectivity index (χ4n) is 1.29. The van der Waals surface area contributed by atoms with Crippen LogP contribution in [0.3, 0.4) is 0 Å². The van der Waals surface area contributed by atoms with E-state index in [0.29, 0.717) is 5.82 Å². The topological polar surface area (TPSA) is 64.9 Å². The number of nitrogens with two attached hydrogens (primary N) is 1. The average Bonchev–Trinajstić information content (AvgIpc) is 2.65. The van der Waals surface area contributed by atoms with Gasteiger partial charge in [-0.2, -0.15) is 4.98 Å². The van der Waals surface area contributed by atoms with Crippen molar-refractivity contribution in [2.24, 2.45) is 5.73 Å². The molecule has 90 valence electrons. The van der Waals surface area contributed by atoms with E-state index in [1.165, 1.54) is 12.1 Å². The number of aromatic nitrogens is 2. The lowest BCUT2D eigenvalue weighted by Crippen LogP contribution is -2.30. The minimum atomic E-state index is -0.751. The highest BCUT2D eigenvalue weighted by Gasteiger charge is 2.24. The van der Waals surface area contributed by atoms with Crippen molar-refractivity contribution in [2.45, 2.75) is 19.4 Å². The number of hydrogen-bond acceptors (Lipinski definition) is 4. The van der Waals surface area contributed by atoms with Gasteiger partial charge in [-0.05, 0) is 26.0 Å². The molecule has 0 aliphatic rings. The highest BCUT2D eigenvalue weighted by molar-refractivity contribution is 6.33. The van der Waals surface area contributed by atoms with Crippen LogP contribution in [-0.2, 0) is 5.54 Å². The predicted molar refractivity (Wildman–Crippen MR) is 61.9 cm³/mol. The SMILES string of the molecule is CC(C)(N)c1noc(-c2c(F)cccc2Cl)n1. The second kappa shape index (κ2) is 4.09. The smallest absolute Gasteiger partial charge is 0.262 e. The number of hydrogen-bond donors (Lipinski definition) is 1. The van der Waals surface area contributed by atoms with E-state index in [1.54, 1.807) is 19.9 Å². The molecule has 0 amide bonds. The summed E-state index contributed by atoms with van der Waals surface area (Å²) in [6.07, 6.45) is 0. The molecule has 1 heterocycles. The summed E-state index contributed by atoms with van der Waals surface area (Å²) < 4.78 is 18.6. The van der Waals surface area contributed by atoms with Crippen LogP contribution in [-0.4, -0.2) is 10.1 Å². The van der Waals surface area contributed by atoms with Gasteiger partial charge in [0.05, 0.1) is 16.1 Å². The van der Waals surface area contributed by atoms with Gasteiger partial charge in [-0.3, -0.25) is 0 Å². The van der Waals surface area contributed by atoms with E-state index in [9.17, 15) is 4.39 Å². The lowest BCUT2D eigenvalue weighted by Gasteiger charge is -2.11. The largest absolute Gasteiger partial charge is 0.334 e. The normalized spacial score (nSPS) is 11.8. The second-order valence-corrected chi connectivity index (χ2v) is 4.65. The molecule has 17 heavy (non-hydrogen) atoms. The third-order valence-electron chi connectivity index (χ3n) is 2.18. The third kappa shape index (κ3) is 2.30. The monoisotopic (exact) mass is 255 g/mol. The molecular weight excluding hydrogens is 245 g/mol. The summed E-state index contributed by atoms with van der Waals surface area (Å²) in [4.78, 5) is 4.05. The number of halogens is 2. The Kier molecular flexibility index (Phi) is 2.89. The summed E-state index contributed by atoms with van der Waals surface area (Å²) in [7, 11) is 0. The number of benzene rings is 1. The van der Waals surface area contributed by atoms with Crippen molar-refractivity contribution >= 4 is 11.6 Å². The van der Waals surface area contributed by atoms with Crippen LogP contribution in [0, 0.1) is 5.82 Å². The standard InChI is InChI=1S/C11H11ClFN3O/c1-11(2,14)10-15-9(17-16-10)8-6(12)4-3-5-7(8)13/h3-5H,14H2,1-2H3. The highest BCUT2D eigenvalue weighted by Crippen LogP contribution is 2.30. The van der Waals surface area contributed by atoms with Crippen LogP contribution in [0.2, 0.25) is 5.02 Å². The van der Waals surface area contributed by atoms with Crippen molar-refractivity contribution in [1.82, 2.24) is 10.1 Å². The van der Waals surface area contributed by atoms with Crippen LogP contribution in [0.15, 0.2) is 22.7 Å². The zero-order valence-electron chi connectivity index (χ0n) is 9.37. The van der Waals surface area contributed by atoms with Crippen LogP contribution in [0.1, 0.15) is 19.7 Å². The molecule has 2 aromatic rings. The summed E-state index contributed by atoms with van der Waals surface area (Å²) in [5.41, 5.74) is 5.16. The zero-order chi connectivity index (χ0) is 12.6. The Morgan fingerprint density at radius 1 is 1.41 bits per heavy atom. The van der Waals surface area contributed by atoms with E-state index >= 15 is 0 Å². The Balaban J connectivity index is 2.51. The quantitative estimate of drug-likeness (QED) is 0.896. The summed E-state index contributed by atoms with van der Waals surface area (Å²) in [6.45, 7) is 3.45. The first kappa shape index (κ1) is 12.0. The first-order valence-electron chi connectivity index (χ1n) is 4.97. The molecule has 0 aliphatic carbocycles. The zero-order valence-corrected chi connectivity index (χ0v) is 10.1. The van der Waals surface area contributed by atoms with Gasteiger partial charge in [0.15, 0.2) is 5.82 Å². The van der Waals surface area contributed by atoms with Crippen molar-refractivity contribution in [1.29, 1.82) is 0 Å². The lowest BCUT2D eigenvalue weighted by molar-refractivity contribution is 0.396. The van der Waals surface area contributed by atoms with Gasteiger partial charge < -0.3 is 10.3 Å². The second-order valence-electron chi connectivity index (χ2n) is 4.24. The van der Waals surface area contributed by atoms with Gasteiger partial charge in [0.2, 0.25) is 0 Å². The molecule has 6 heteroatoms. The number of rotatable bonds is 2. The van der Waals surface area contributed by atoms with E-state index in [4.69, 9.17) is 21.9 Å². The fraction of sp³-hybridized carbons (Fsp3) is 0.273. The van der Waals surface area contributed by atoms with Crippen molar-refractivity contribution < 1.29 is 8.91 Å². The van der Waals surface area contributed by atoms with E-state index in [2.05, 4.69) is 10.1 Å². The molecule has 4 nitrogen and oxygen atoms in total. The Labute approximate surface area is 103 Å². The maximum Gasteiger partial charge on any atom is 0.262 e. The molecule has 0 saturated heterocycles. The first-order valence-corrected chi connectivity index (χ1v) is 5.35. The third-order valence-corrected chi connectivity index (χ3v) is 2.49. The van der Waals surface area contributed by atoms with E-state index in [0.717, 1.165) is 0 Å². The molecule has 0 radical (unpaired) electrons. The van der Waals surface area contributed by atoms with Crippen LogP contribution in [0.25, 0.3) is 11.5 Å². The molecule has 1 aromatic carbocycles. The van der Waals surface area contributed by atoms with Gasteiger partial charge in [0.1, 0.15) is 5.82 Å². The molecule has 0 fully saturated rings. The molecule has 2 N–H and O–H groups in total. The summed E-state index contributed by atoms with van der Waals surface area (Å²) in [5, 5.41) is 3.93. The summed E-state index contributed by atoms with van der Waals surface area (Å²) >= 11 is 5.89. The van der Waals surface area contributed by atoms with E-state index in [1.807, 2.05) is 0 Å². The van der Waals surface area contributed by atoms with E-state index < -0.39 is 11.4 Å². The van der Waals surface area contributed by atoms with Crippen LogP contribution in [0.5, 0.6) is 0 Å². The average molecular weight is 256 g/mol. The molecule has 0 spiro atoms. The van der Waals surface area contributed by atoms with Crippen LogP contribution < -0.4 is 5.73 Å². The van der Waals surface area contributed by atoms with Gasteiger partial charge in [-0.25, -0.2) is 4.39 Å². The molecule has 0 unspecified atom stereocenters. The van der Waals surface area contributed by atoms with Crippen LogP contribution >= 0.6 is 11.6 Å². The van der Waals surface area contributed by atoms with Crippen molar-refractivity contribution in [3.8, 4) is 11.5 Å². The minimum absolute atomic E-state index is 0.0293. The van der Waals surface area contributed by atoms with Gasteiger partial charge in [0, 0.05) is 0 Å². The summed E-state index contributed by atoms with van der Waals surface area (Å²) in [5.74, 6) is -0.184. The molecule has 0 aliphatic heterocycles. The Bertz CT molecular complexity index is 528. The number of nitrogens with zero attached hydrogens (tertiary/aromatic N) is 2. The summed E-state index contributed by atoms with van der Waals surface area (Å²) in [6, 6.07) is 4.33. The Morgan fingerprint density at radius 3 is 2.65 bits per heavy atom. The van der Waals surface area contributed by atoms with Crippen molar-refractivity contribution in [3.05, 3.63) is 34.9 Å². The van der Waals surface area contributed by atoms with Crippen molar-refractivity contribution in [2.75, 3.05) is 0 Å². The van der Waals surface area contributed by atoms with Gasteiger partial charge in [-0.1, -0.05) is 22.8 Å². The minimum Gasteiger partial charge on any atom is -0.334 e. The maximum atomic E-state index is 13.6. The van der Waals surface area contributed by atoms with Gasteiger partial charge in [-0.15, -0.1) is 0 Å². The molecule has 2 rings (SSSR count). The Hall–Kier alpha value is -1.46. The lowest BCUT2D eigenvalue weighted by atomic mass is 10.1. The molecule has 1 aromatic heterocycles. The van der Waals surface area contributed by atoms with Gasteiger partial charge in [0.25, 0.3) is 5.89 Å². The molecule has 0 atom stereocenters. The first-order chi connectivity index (χ1) is 7.89. The highest BCUT2D eigenvalue weighted by atomic mass is 35.5. The molecular formula is C11H11ClFN3O. The molecule has 0 saturated carbocycles. The molecule has 0 bridgehead atoms. The fourth-order valence-corrected chi connectivity index (χ4v) is 1.53. The van der Waals surface area contributed by atoms with E-state index in [-0.39, 0.29) is 16.5 Å². The maximum absolute atomic E-state index is 13.6. The van der Waals surface area contributed by atoms with Crippen LogP contribution in [0.4, 0.5) is 4.39 Å². The predicted octanol–water partition coefficient (Wildman–Crippen LogP) is 2.72.